The Labute approximate surface area is 125 Å². The maximum Gasteiger partial charge on any atom is 0.253 e. The maximum atomic E-state index is 13.4. The molecule has 1 N–H and O–H groups in total. The van der Waals surface area contributed by atoms with Crippen LogP contribution in [-0.4, -0.2) is 54.5 Å². The van der Waals surface area contributed by atoms with Crippen molar-refractivity contribution in [3.63, 3.8) is 0 Å². The number of amides is 1. The Morgan fingerprint density at radius 2 is 2.10 bits per heavy atom. The lowest BCUT2D eigenvalue weighted by Gasteiger charge is -2.31. The Kier molecular flexibility index (Phi) is 5.31. The number of carbonyl (C=O) groups is 1. The zero-order chi connectivity index (χ0) is 15.4. The van der Waals surface area contributed by atoms with Crippen LogP contribution in [0, 0.1) is 11.7 Å². The van der Waals surface area contributed by atoms with Gasteiger partial charge >= 0.3 is 0 Å². The van der Waals surface area contributed by atoms with Gasteiger partial charge in [0.15, 0.2) is 0 Å². The first kappa shape index (κ1) is 15.9. The summed E-state index contributed by atoms with van der Waals surface area (Å²) in [4.78, 5) is 16.4. The molecule has 0 atom stereocenters. The molecule has 1 heterocycles. The van der Waals surface area contributed by atoms with Crippen LogP contribution in [0.4, 0.5) is 4.39 Å². The second-order valence-electron chi connectivity index (χ2n) is 5.90. The Bertz CT molecular complexity index is 499. The Balaban J connectivity index is 1.98. The SMILES string of the molecule is CN1CCC(CN(C)C(=O)c2ccc(F)c(CO)c2)CC1. The minimum Gasteiger partial charge on any atom is -0.392 e. The van der Waals surface area contributed by atoms with E-state index in [9.17, 15) is 9.18 Å². The molecule has 1 saturated heterocycles. The van der Waals surface area contributed by atoms with E-state index in [4.69, 9.17) is 5.11 Å². The first-order valence-corrected chi connectivity index (χ1v) is 7.34. The van der Waals surface area contributed by atoms with Crippen molar-refractivity contribution in [2.45, 2.75) is 19.4 Å². The fraction of sp³-hybridized carbons (Fsp3) is 0.562. The summed E-state index contributed by atoms with van der Waals surface area (Å²) in [5.41, 5.74) is 0.587. The number of carbonyl (C=O) groups excluding carboxylic acids is 1. The van der Waals surface area contributed by atoms with Crippen LogP contribution in [-0.2, 0) is 6.61 Å². The Morgan fingerprint density at radius 3 is 2.71 bits per heavy atom. The van der Waals surface area contributed by atoms with Crippen molar-refractivity contribution in [2.75, 3.05) is 33.7 Å². The van der Waals surface area contributed by atoms with Gasteiger partial charge in [-0.1, -0.05) is 0 Å². The number of likely N-dealkylation sites (tertiary alicyclic amines) is 1. The minimum absolute atomic E-state index is 0.122. The van der Waals surface area contributed by atoms with Crippen LogP contribution in [0.1, 0.15) is 28.8 Å². The molecule has 0 aliphatic carbocycles. The van der Waals surface area contributed by atoms with E-state index in [1.54, 1.807) is 11.9 Å². The van der Waals surface area contributed by atoms with E-state index in [2.05, 4.69) is 11.9 Å². The Hall–Kier alpha value is -1.46. The van der Waals surface area contributed by atoms with E-state index in [1.807, 2.05) is 0 Å². The second-order valence-corrected chi connectivity index (χ2v) is 5.90. The quantitative estimate of drug-likeness (QED) is 0.920. The molecule has 1 amide bonds. The van der Waals surface area contributed by atoms with Gasteiger partial charge in [0.2, 0.25) is 0 Å². The van der Waals surface area contributed by atoms with Gasteiger partial charge in [-0.25, -0.2) is 4.39 Å². The lowest BCUT2D eigenvalue weighted by Crippen LogP contribution is -2.38. The predicted molar refractivity (Wildman–Crippen MR) is 79.5 cm³/mol. The maximum absolute atomic E-state index is 13.4. The fourth-order valence-corrected chi connectivity index (χ4v) is 2.76. The predicted octanol–water partition coefficient (Wildman–Crippen LogP) is 1.73. The highest BCUT2D eigenvalue weighted by Crippen LogP contribution is 2.18. The van der Waals surface area contributed by atoms with E-state index in [0.29, 0.717) is 11.5 Å². The number of benzene rings is 1. The molecule has 1 aliphatic heterocycles. The number of halogens is 1. The summed E-state index contributed by atoms with van der Waals surface area (Å²) >= 11 is 0. The standard InChI is InChI=1S/C16H23FN2O2/c1-18-7-5-12(6-8-18)10-19(2)16(21)13-3-4-15(17)14(9-13)11-20/h3-4,9,12,20H,5-8,10-11H2,1-2H3. The summed E-state index contributed by atoms with van der Waals surface area (Å²) < 4.78 is 13.4. The molecule has 0 saturated carbocycles. The summed E-state index contributed by atoms with van der Waals surface area (Å²) in [6, 6.07) is 4.15. The van der Waals surface area contributed by atoms with Gasteiger partial charge in [-0.15, -0.1) is 0 Å². The third-order valence-electron chi connectivity index (χ3n) is 4.18. The number of hydrogen-bond donors (Lipinski definition) is 1. The van der Waals surface area contributed by atoms with Crippen molar-refractivity contribution in [3.8, 4) is 0 Å². The number of nitrogens with zero attached hydrogens (tertiary/aromatic N) is 2. The van der Waals surface area contributed by atoms with Crippen molar-refractivity contribution < 1.29 is 14.3 Å². The summed E-state index contributed by atoms with van der Waals surface area (Å²) in [5, 5.41) is 9.08. The van der Waals surface area contributed by atoms with E-state index in [1.165, 1.54) is 18.2 Å². The van der Waals surface area contributed by atoms with Gasteiger partial charge in [-0.2, -0.15) is 0 Å². The van der Waals surface area contributed by atoms with Gasteiger partial charge in [-0.05, 0) is 57.1 Å². The van der Waals surface area contributed by atoms with Crippen LogP contribution in [0.5, 0.6) is 0 Å². The molecular formula is C16H23FN2O2. The highest BCUT2D eigenvalue weighted by molar-refractivity contribution is 5.94. The monoisotopic (exact) mass is 294 g/mol. The zero-order valence-electron chi connectivity index (χ0n) is 12.7. The highest BCUT2D eigenvalue weighted by Gasteiger charge is 2.21. The van der Waals surface area contributed by atoms with Gasteiger partial charge in [0, 0.05) is 24.7 Å². The first-order valence-electron chi connectivity index (χ1n) is 7.34. The molecule has 0 spiro atoms. The lowest BCUT2D eigenvalue weighted by atomic mass is 9.96. The summed E-state index contributed by atoms with van der Waals surface area (Å²) in [7, 11) is 3.89. The number of rotatable bonds is 4. The van der Waals surface area contributed by atoms with Crippen LogP contribution in [0.3, 0.4) is 0 Å². The van der Waals surface area contributed by atoms with Crippen molar-refractivity contribution in [2.24, 2.45) is 5.92 Å². The van der Waals surface area contributed by atoms with Crippen molar-refractivity contribution in [1.82, 2.24) is 9.80 Å². The molecule has 116 valence electrons. The molecule has 1 aliphatic rings. The van der Waals surface area contributed by atoms with Gasteiger partial charge < -0.3 is 14.9 Å². The molecule has 0 aromatic heterocycles. The van der Waals surface area contributed by atoms with Crippen LogP contribution in [0.15, 0.2) is 18.2 Å². The normalized spacial score (nSPS) is 17.0. The van der Waals surface area contributed by atoms with E-state index < -0.39 is 12.4 Å². The van der Waals surface area contributed by atoms with Gasteiger partial charge in [0.25, 0.3) is 5.91 Å². The molecule has 0 radical (unpaired) electrons. The number of aliphatic hydroxyl groups is 1. The lowest BCUT2D eigenvalue weighted by molar-refractivity contribution is 0.0747. The van der Waals surface area contributed by atoms with Crippen LogP contribution < -0.4 is 0 Å². The molecule has 0 bridgehead atoms. The molecule has 2 rings (SSSR count). The Morgan fingerprint density at radius 1 is 1.43 bits per heavy atom. The van der Waals surface area contributed by atoms with Crippen molar-refractivity contribution in [3.05, 3.63) is 35.1 Å². The third kappa shape index (κ3) is 4.02. The average Bonchev–Trinajstić information content (AvgIpc) is 2.49. The topological polar surface area (TPSA) is 43.8 Å². The number of piperidine rings is 1. The molecule has 5 heteroatoms. The van der Waals surface area contributed by atoms with E-state index in [0.717, 1.165) is 32.5 Å². The molecule has 21 heavy (non-hydrogen) atoms. The fourth-order valence-electron chi connectivity index (χ4n) is 2.76. The number of hydrogen-bond acceptors (Lipinski definition) is 3. The van der Waals surface area contributed by atoms with Crippen LogP contribution in [0.25, 0.3) is 0 Å². The smallest absolute Gasteiger partial charge is 0.253 e. The van der Waals surface area contributed by atoms with E-state index >= 15 is 0 Å². The second kappa shape index (κ2) is 7.00. The van der Waals surface area contributed by atoms with Crippen molar-refractivity contribution in [1.29, 1.82) is 0 Å². The van der Waals surface area contributed by atoms with Gasteiger partial charge in [0.05, 0.1) is 6.61 Å². The molecule has 4 nitrogen and oxygen atoms in total. The van der Waals surface area contributed by atoms with Gasteiger partial charge in [0.1, 0.15) is 5.82 Å². The summed E-state index contributed by atoms with van der Waals surface area (Å²) in [6.07, 6.45) is 2.19. The third-order valence-corrected chi connectivity index (χ3v) is 4.18. The van der Waals surface area contributed by atoms with Gasteiger partial charge in [-0.3, -0.25) is 4.79 Å². The largest absolute Gasteiger partial charge is 0.392 e. The van der Waals surface area contributed by atoms with Crippen LogP contribution >= 0.6 is 0 Å². The molecule has 1 fully saturated rings. The summed E-state index contributed by atoms with van der Waals surface area (Å²) in [6.45, 7) is 2.46. The van der Waals surface area contributed by atoms with E-state index in [-0.39, 0.29) is 11.5 Å². The minimum atomic E-state index is -0.480. The molecule has 1 aromatic carbocycles. The molecular weight excluding hydrogens is 271 g/mol. The first-order chi connectivity index (χ1) is 10.0. The molecule has 1 aromatic rings. The highest BCUT2D eigenvalue weighted by atomic mass is 19.1. The zero-order valence-corrected chi connectivity index (χ0v) is 12.7. The van der Waals surface area contributed by atoms with Crippen LogP contribution in [0.2, 0.25) is 0 Å². The van der Waals surface area contributed by atoms with Crippen molar-refractivity contribution >= 4 is 5.91 Å². The number of aliphatic hydroxyl groups excluding tert-OH is 1. The summed E-state index contributed by atoms with van der Waals surface area (Å²) in [5.74, 6) is -0.0800. The molecule has 0 unspecified atom stereocenters. The average molecular weight is 294 g/mol.